The molecule has 1 heterocycles. The first-order valence-corrected chi connectivity index (χ1v) is 11.8. The van der Waals surface area contributed by atoms with Crippen LogP contribution in [-0.2, 0) is 16.6 Å². The molecule has 1 aromatic heterocycles. The number of nitrogens with zero attached hydrogens (tertiary/aromatic N) is 2. The minimum atomic E-state index is -3.88. The van der Waals surface area contributed by atoms with Gasteiger partial charge in [-0.3, -0.25) is 24.1 Å². The molecule has 3 rings (SSSR count). The van der Waals surface area contributed by atoms with E-state index >= 15 is 0 Å². The van der Waals surface area contributed by atoms with Crippen molar-refractivity contribution in [2.45, 2.75) is 25.3 Å². The number of H-pyrrole nitrogens is 1. The lowest BCUT2D eigenvalue weighted by molar-refractivity contribution is 0.380. The topological polar surface area (TPSA) is 117 Å². The van der Waals surface area contributed by atoms with Gasteiger partial charge in [-0.25, -0.2) is 8.42 Å². The Hall–Kier alpha value is -2.95. The van der Waals surface area contributed by atoms with Gasteiger partial charge in [-0.15, -0.1) is 0 Å². The second-order valence-corrected chi connectivity index (χ2v) is 9.87. The molecule has 32 heavy (non-hydrogen) atoms. The molecular weight excluding hydrogens is 472 g/mol. The molecule has 3 aromatic rings. The zero-order chi connectivity index (χ0) is 23.5. The summed E-state index contributed by atoms with van der Waals surface area (Å²) in [7, 11) is -3.88. The van der Waals surface area contributed by atoms with E-state index in [0.717, 1.165) is 0 Å². The summed E-state index contributed by atoms with van der Waals surface area (Å²) in [6.07, 6.45) is 1.18. The third-order valence-electron chi connectivity index (χ3n) is 4.32. The molecule has 0 aliphatic carbocycles. The average molecular weight is 493 g/mol. The molecule has 0 saturated carbocycles. The van der Waals surface area contributed by atoms with Crippen molar-refractivity contribution >= 4 is 51.4 Å². The van der Waals surface area contributed by atoms with E-state index in [-0.39, 0.29) is 32.7 Å². The largest absolute Gasteiger partial charge is 0.494 e. The number of sulfonamides is 1. The predicted octanol–water partition coefficient (Wildman–Crippen LogP) is 4.47. The van der Waals surface area contributed by atoms with Crippen LogP contribution in [0.5, 0.6) is 5.88 Å². The highest BCUT2D eigenvalue weighted by Gasteiger charge is 2.15. The minimum Gasteiger partial charge on any atom is -0.494 e. The summed E-state index contributed by atoms with van der Waals surface area (Å²) in [6.45, 7) is 4.31. The Morgan fingerprint density at radius 1 is 1.25 bits per heavy atom. The summed E-state index contributed by atoms with van der Waals surface area (Å²) in [5, 5.41) is 11.0. The first-order chi connectivity index (χ1) is 15.1. The van der Waals surface area contributed by atoms with Gasteiger partial charge in [-0.2, -0.15) is 0 Å². The van der Waals surface area contributed by atoms with E-state index in [1.807, 2.05) is 13.8 Å². The molecule has 0 aliphatic heterocycles. The van der Waals surface area contributed by atoms with E-state index in [1.54, 1.807) is 30.3 Å². The lowest BCUT2D eigenvalue weighted by atomic mass is 10.2. The fourth-order valence-corrected chi connectivity index (χ4v) is 4.31. The fraction of sp³-hybridized carbons (Fsp3) is 0.190. The minimum absolute atomic E-state index is 0.0176. The van der Waals surface area contributed by atoms with Crippen LogP contribution in [0.3, 0.4) is 0 Å². The van der Waals surface area contributed by atoms with Gasteiger partial charge < -0.3 is 5.11 Å². The van der Waals surface area contributed by atoms with Gasteiger partial charge in [0, 0.05) is 23.5 Å². The summed E-state index contributed by atoms with van der Waals surface area (Å²) in [5.74, 6) is -0.122. The van der Waals surface area contributed by atoms with Gasteiger partial charge in [0.05, 0.1) is 10.6 Å². The summed E-state index contributed by atoms with van der Waals surface area (Å²) < 4.78 is 29.4. The van der Waals surface area contributed by atoms with Gasteiger partial charge in [0.15, 0.2) is 4.77 Å². The van der Waals surface area contributed by atoms with Crippen molar-refractivity contribution in [1.29, 1.82) is 0 Å². The van der Waals surface area contributed by atoms with Gasteiger partial charge in [-0.05, 0) is 60.6 Å². The fourth-order valence-electron chi connectivity index (χ4n) is 2.83. The molecule has 0 radical (unpaired) electrons. The van der Waals surface area contributed by atoms with Crippen LogP contribution >= 0.6 is 23.8 Å². The highest BCUT2D eigenvalue weighted by atomic mass is 35.5. The number of aromatic nitrogens is 2. The maximum atomic E-state index is 12.7. The number of nitrogens with one attached hydrogen (secondary N) is 2. The molecule has 0 atom stereocenters. The van der Waals surface area contributed by atoms with Crippen molar-refractivity contribution in [3.05, 3.63) is 74.2 Å². The number of halogens is 1. The highest BCUT2D eigenvalue weighted by Crippen LogP contribution is 2.22. The van der Waals surface area contributed by atoms with Crippen LogP contribution in [0.1, 0.15) is 19.4 Å². The molecule has 2 aromatic carbocycles. The number of aromatic amines is 1. The Labute approximate surface area is 195 Å². The second-order valence-electron chi connectivity index (χ2n) is 7.37. The molecule has 11 heteroatoms. The van der Waals surface area contributed by atoms with Gasteiger partial charge in [0.2, 0.25) is 5.88 Å². The molecular formula is C21H21ClN4O4S2. The van der Waals surface area contributed by atoms with Crippen LogP contribution in [0.2, 0.25) is 5.02 Å². The first kappa shape index (κ1) is 23.7. The van der Waals surface area contributed by atoms with Crippen LogP contribution in [-0.4, -0.2) is 29.3 Å². The van der Waals surface area contributed by atoms with Gasteiger partial charge in [0.25, 0.3) is 15.6 Å². The van der Waals surface area contributed by atoms with E-state index < -0.39 is 15.6 Å². The summed E-state index contributed by atoms with van der Waals surface area (Å²) in [5.41, 5.74) is -0.0321. The van der Waals surface area contributed by atoms with Crippen LogP contribution in [0.4, 0.5) is 11.4 Å². The van der Waals surface area contributed by atoms with E-state index in [9.17, 15) is 18.3 Å². The number of aliphatic imine (C=N–C) groups is 1. The van der Waals surface area contributed by atoms with E-state index in [1.165, 1.54) is 29.0 Å². The lowest BCUT2D eigenvalue weighted by Gasteiger charge is -2.13. The maximum absolute atomic E-state index is 12.7. The highest BCUT2D eigenvalue weighted by molar-refractivity contribution is 7.92. The zero-order valence-corrected chi connectivity index (χ0v) is 19.6. The quantitative estimate of drug-likeness (QED) is 0.332. The van der Waals surface area contributed by atoms with Crippen molar-refractivity contribution in [2.75, 3.05) is 4.72 Å². The first-order valence-electron chi connectivity index (χ1n) is 9.55. The van der Waals surface area contributed by atoms with Crippen LogP contribution in [0, 0.1) is 10.7 Å². The molecule has 0 bridgehead atoms. The smallest absolute Gasteiger partial charge is 0.264 e. The second kappa shape index (κ2) is 9.68. The van der Waals surface area contributed by atoms with Crippen LogP contribution < -0.4 is 10.3 Å². The summed E-state index contributed by atoms with van der Waals surface area (Å²) in [4.78, 5) is 18.9. The number of hydrogen-bond acceptors (Lipinski definition) is 6. The van der Waals surface area contributed by atoms with Crippen molar-refractivity contribution < 1.29 is 13.5 Å². The average Bonchev–Trinajstić information content (AvgIpc) is 2.72. The van der Waals surface area contributed by atoms with E-state index in [4.69, 9.17) is 23.8 Å². The molecule has 3 N–H and O–H groups in total. The number of rotatable bonds is 7. The van der Waals surface area contributed by atoms with Crippen molar-refractivity contribution in [3.8, 4) is 5.88 Å². The van der Waals surface area contributed by atoms with Gasteiger partial charge >= 0.3 is 0 Å². The normalized spacial score (nSPS) is 11.9. The standard InChI is InChI=1S/C21H21ClN4O4S2/c1-13(2)12-26-20(28)18(19(27)24-21(26)31)11-23-16-4-3-5-17(10-16)32(29,30)25-15-8-6-14(22)7-9-15/h3-11,13,25,28H,12H2,1-2H3,(H,24,27,31). The molecule has 0 unspecified atom stereocenters. The molecule has 0 aliphatic rings. The van der Waals surface area contributed by atoms with E-state index in [0.29, 0.717) is 17.3 Å². The molecule has 0 saturated heterocycles. The van der Waals surface area contributed by atoms with Crippen LogP contribution in [0.25, 0.3) is 0 Å². The monoisotopic (exact) mass is 492 g/mol. The Morgan fingerprint density at radius 3 is 2.59 bits per heavy atom. The van der Waals surface area contributed by atoms with Crippen molar-refractivity contribution in [2.24, 2.45) is 10.9 Å². The van der Waals surface area contributed by atoms with Gasteiger partial charge in [0.1, 0.15) is 5.56 Å². The molecule has 168 valence electrons. The van der Waals surface area contributed by atoms with E-state index in [2.05, 4.69) is 14.7 Å². The molecule has 0 fully saturated rings. The predicted molar refractivity (Wildman–Crippen MR) is 128 cm³/mol. The SMILES string of the molecule is CC(C)Cn1c(O)c(C=Nc2cccc(S(=O)(=O)Nc3ccc(Cl)cc3)c2)c(=O)[nH]c1=S. The maximum Gasteiger partial charge on any atom is 0.264 e. The summed E-state index contributed by atoms with van der Waals surface area (Å²) >= 11 is 11.0. The van der Waals surface area contributed by atoms with Crippen LogP contribution in [0.15, 0.2) is 63.2 Å². The third-order valence-corrected chi connectivity index (χ3v) is 6.28. The third kappa shape index (κ3) is 5.64. The number of aromatic hydroxyl groups is 1. The Kier molecular flexibility index (Phi) is 7.17. The Morgan fingerprint density at radius 2 is 1.94 bits per heavy atom. The Bertz CT molecular complexity index is 1380. The summed E-state index contributed by atoms with van der Waals surface area (Å²) in [6, 6.07) is 12.1. The number of benzene rings is 2. The number of hydrogen-bond donors (Lipinski definition) is 3. The van der Waals surface area contributed by atoms with Crippen molar-refractivity contribution in [3.63, 3.8) is 0 Å². The lowest BCUT2D eigenvalue weighted by Crippen LogP contribution is -2.20. The zero-order valence-electron chi connectivity index (χ0n) is 17.2. The number of anilines is 1. The van der Waals surface area contributed by atoms with Gasteiger partial charge in [-0.1, -0.05) is 31.5 Å². The van der Waals surface area contributed by atoms with Crippen molar-refractivity contribution in [1.82, 2.24) is 9.55 Å². The Balaban J connectivity index is 1.92. The molecule has 0 spiro atoms. The molecule has 8 nitrogen and oxygen atoms in total. The molecule has 0 amide bonds.